The van der Waals surface area contributed by atoms with Crippen LogP contribution < -0.4 is 15.8 Å². The quantitative estimate of drug-likeness (QED) is 0.604. The number of carbonyl (C=O) groups excluding carboxylic acids is 1. The summed E-state index contributed by atoms with van der Waals surface area (Å²) in [4.78, 5) is 12.0. The number of amides is 1. The van der Waals surface area contributed by atoms with Gasteiger partial charge in [0.15, 0.2) is 5.75 Å². The molecule has 0 aliphatic heterocycles. The van der Waals surface area contributed by atoms with Crippen LogP contribution in [0.4, 0.5) is 5.69 Å². The summed E-state index contributed by atoms with van der Waals surface area (Å²) in [6, 6.07) is 5.14. The van der Waals surface area contributed by atoms with Crippen LogP contribution in [0.5, 0.6) is 5.75 Å². The average Bonchev–Trinajstić information content (AvgIpc) is 2.28. The molecular weight excluding hydrogens is 216 g/mol. The largest absolute Gasteiger partial charge is 0.494 e. The molecule has 0 bridgehead atoms. The minimum Gasteiger partial charge on any atom is -0.494 e. The van der Waals surface area contributed by atoms with Crippen LogP contribution >= 0.6 is 0 Å². The lowest BCUT2D eigenvalue weighted by Gasteiger charge is -2.14. The number of hydrogen-bond acceptors (Lipinski definition) is 3. The molecular formula is C13H18N2O2. The van der Waals surface area contributed by atoms with Crippen molar-refractivity contribution < 1.29 is 9.53 Å². The second-order valence-electron chi connectivity index (χ2n) is 3.83. The second-order valence-corrected chi connectivity index (χ2v) is 3.83. The van der Waals surface area contributed by atoms with Gasteiger partial charge >= 0.3 is 0 Å². The second kappa shape index (κ2) is 5.94. The van der Waals surface area contributed by atoms with Gasteiger partial charge in [-0.1, -0.05) is 12.1 Å². The predicted octanol–water partition coefficient (Wildman–Crippen LogP) is 1.97. The van der Waals surface area contributed by atoms with Gasteiger partial charge in [0, 0.05) is 6.04 Å². The molecule has 0 radical (unpaired) electrons. The lowest BCUT2D eigenvalue weighted by Crippen LogP contribution is -2.32. The third-order valence-corrected chi connectivity index (χ3v) is 2.39. The van der Waals surface area contributed by atoms with Crippen molar-refractivity contribution in [3.05, 3.63) is 36.4 Å². The van der Waals surface area contributed by atoms with Gasteiger partial charge in [-0.15, -0.1) is 6.58 Å². The molecule has 3 N–H and O–H groups in total. The van der Waals surface area contributed by atoms with Crippen molar-refractivity contribution in [1.82, 2.24) is 5.32 Å². The average molecular weight is 234 g/mol. The fourth-order valence-electron chi connectivity index (χ4n) is 1.57. The molecule has 1 aromatic rings. The Kier molecular flexibility index (Phi) is 4.57. The number of rotatable bonds is 5. The molecule has 0 fully saturated rings. The molecule has 1 amide bonds. The fraction of sp³-hybridized carbons (Fsp3) is 0.308. The molecule has 92 valence electrons. The lowest BCUT2D eigenvalue weighted by molar-refractivity contribution is 0.0937. The van der Waals surface area contributed by atoms with Gasteiger partial charge in [0.05, 0.1) is 18.4 Å². The molecule has 4 heteroatoms. The van der Waals surface area contributed by atoms with Crippen molar-refractivity contribution in [2.45, 2.75) is 19.4 Å². The zero-order valence-electron chi connectivity index (χ0n) is 10.2. The molecule has 1 unspecified atom stereocenters. The normalized spacial score (nSPS) is 11.6. The van der Waals surface area contributed by atoms with Crippen molar-refractivity contribution in [1.29, 1.82) is 0 Å². The maximum absolute atomic E-state index is 12.0. The minimum atomic E-state index is -0.191. The number of ether oxygens (including phenoxy) is 1. The predicted molar refractivity (Wildman–Crippen MR) is 69.1 cm³/mol. The van der Waals surface area contributed by atoms with E-state index in [4.69, 9.17) is 10.5 Å². The number of carbonyl (C=O) groups is 1. The highest BCUT2D eigenvalue weighted by Gasteiger charge is 2.15. The third kappa shape index (κ3) is 3.24. The first kappa shape index (κ1) is 13.1. The first-order valence-corrected chi connectivity index (χ1v) is 5.44. The highest BCUT2D eigenvalue weighted by Crippen LogP contribution is 2.25. The summed E-state index contributed by atoms with van der Waals surface area (Å²) in [5, 5.41) is 2.85. The molecule has 0 heterocycles. The van der Waals surface area contributed by atoms with Gasteiger partial charge in [0.2, 0.25) is 0 Å². The molecule has 1 rings (SSSR count). The number of nitrogen functional groups attached to an aromatic ring is 1. The van der Waals surface area contributed by atoms with Gasteiger partial charge in [-0.3, -0.25) is 4.79 Å². The van der Waals surface area contributed by atoms with E-state index in [1.807, 2.05) is 6.92 Å². The summed E-state index contributed by atoms with van der Waals surface area (Å²) >= 11 is 0. The number of nitrogens with one attached hydrogen (secondary N) is 1. The van der Waals surface area contributed by atoms with Gasteiger partial charge < -0.3 is 15.8 Å². The zero-order valence-corrected chi connectivity index (χ0v) is 10.2. The standard InChI is InChI=1S/C13H18N2O2/c1-4-6-9(2)15-13(16)10-7-5-8-11(14)12(10)17-3/h4-5,7-9H,1,6,14H2,2-3H3,(H,15,16). The number of anilines is 1. The van der Waals surface area contributed by atoms with Crippen LogP contribution in [0, 0.1) is 0 Å². The molecule has 17 heavy (non-hydrogen) atoms. The Labute approximate surface area is 101 Å². The highest BCUT2D eigenvalue weighted by atomic mass is 16.5. The van der Waals surface area contributed by atoms with Crippen molar-refractivity contribution in [3.63, 3.8) is 0 Å². The summed E-state index contributed by atoms with van der Waals surface area (Å²) < 4.78 is 5.13. The van der Waals surface area contributed by atoms with Crippen LogP contribution in [-0.4, -0.2) is 19.1 Å². The number of nitrogens with two attached hydrogens (primary N) is 1. The Balaban J connectivity index is 2.88. The van der Waals surface area contributed by atoms with Gasteiger partial charge in [0.25, 0.3) is 5.91 Å². The Bertz CT molecular complexity index is 416. The first-order valence-electron chi connectivity index (χ1n) is 5.44. The van der Waals surface area contributed by atoms with Crippen molar-refractivity contribution in [2.75, 3.05) is 12.8 Å². The molecule has 0 saturated heterocycles. The molecule has 0 spiro atoms. The van der Waals surface area contributed by atoms with E-state index in [-0.39, 0.29) is 11.9 Å². The van der Waals surface area contributed by atoms with Gasteiger partial charge in [-0.25, -0.2) is 0 Å². The lowest BCUT2D eigenvalue weighted by atomic mass is 10.1. The van der Waals surface area contributed by atoms with E-state index in [2.05, 4.69) is 11.9 Å². The molecule has 0 saturated carbocycles. The maximum Gasteiger partial charge on any atom is 0.255 e. The summed E-state index contributed by atoms with van der Waals surface area (Å²) in [7, 11) is 1.50. The van der Waals surface area contributed by atoms with Crippen LogP contribution in [0.2, 0.25) is 0 Å². The van der Waals surface area contributed by atoms with E-state index in [1.54, 1.807) is 24.3 Å². The summed E-state index contributed by atoms with van der Waals surface area (Å²) in [5.74, 6) is 0.222. The molecule has 0 aliphatic rings. The molecule has 4 nitrogen and oxygen atoms in total. The van der Waals surface area contributed by atoms with E-state index in [0.717, 1.165) is 6.42 Å². The summed E-state index contributed by atoms with van der Waals surface area (Å²) in [6.45, 7) is 5.55. The fourth-order valence-corrected chi connectivity index (χ4v) is 1.57. The SMILES string of the molecule is C=CCC(C)NC(=O)c1cccc(N)c1OC. The number of methoxy groups -OCH3 is 1. The molecule has 0 aliphatic carbocycles. The minimum absolute atomic E-state index is 0.0335. The van der Waals surface area contributed by atoms with E-state index in [9.17, 15) is 4.79 Å². The topological polar surface area (TPSA) is 64.4 Å². The van der Waals surface area contributed by atoms with Crippen LogP contribution in [0.15, 0.2) is 30.9 Å². The van der Waals surface area contributed by atoms with Gasteiger partial charge in [0.1, 0.15) is 0 Å². The molecule has 1 atom stereocenters. The Morgan fingerprint density at radius 2 is 2.35 bits per heavy atom. The van der Waals surface area contributed by atoms with Gasteiger partial charge in [-0.05, 0) is 25.5 Å². The Morgan fingerprint density at radius 1 is 1.65 bits per heavy atom. The Hall–Kier alpha value is -1.97. The third-order valence-electron chi connectivity index (χ3n) is 2.39. The van der Waals surface area contributed by atoms with E-state index >= 15 is 0 Å². The van der Waals surface area contributed by atoms with Crippen LogP contribution in [-0.2, 0) is 0 Å². The van der Waals surface area contributed by atoms with Crippen molar-refractivity contribution in [3.8, 4) is 5.75 Å². The number of benzene rings is 1. The van der Waals surface area contributed by atoms with Crippen molar-refractivity contribution >= 4 is 11.6 Å². The van der Waals surface area contributed by atoms with Gasteiger partial charge in [-0.2, -0.15) is 0 Å². The van der Waals surface area contributed by atoms with Crippen LogP contribution in [0.1, 0.15) is 23.7 Å². The highest BCUT2D eigenvalue weighted by molar-refractivity contribution is 5.98. The number of hydrogen-bond donors (Lipinski definition) is 2. The first-order chi connectivity index (χ1) is 8.10. The van der Waals surface area contributed by atoms with Crippen LogP contribution in [0.3, 0.4) is 0 Å². The van der Waals surface area contributed by atoms with E-state index < -0.39 is 0 Å². The number of para-hydroxylation sites is 1. The maximum atomic E-state index is 12.0. The summed E-state index contributed by atoms with van der Waals surface area (Å²) in [6.07, 6.45) is 2.48. The van der Waals surface area contributed by atoms with Crippen molar-refractivity contribution in [2.24, 2.45) is 0 Å². The van der Waals surface area contributed by atoms with E-state index in [1.165, 1.54) is 7.11 Å². The smallest absolute Gasteiger partial charge is 0.255 e. The monoisotopic (exact) mass is 234 g/mol. The molecule has 1 aromatic carbocycles. The Morgan fingerprint density at radius 3 is 2.94 bits per heavy atom. The zero-order chi connectivity index (χ0) is 12.8. The van der Waals surface area contributed by atoms with E-state index in [0.29, 0.717) is 17.0 Å². The van der Waals surface area contributed by atoms with Crippen LogP contribution in [0.25, 0.3) is 0 Å². The summed E-state index contributed by atoms with van der Waals surface area (Å²) in [5.41, 5.74) is 6.64. The molecule has 0 aromatic heterocycles.